The molecule has 0 fully saturated rings. The number of carbonyl (C=O) groups is 2. The molecule has 0 aliphatic carbocycles. The molecule has 1 aromatic heterocycles. The molecule has 0 atom stereocenters. The third kappa shape index (κ3) is 5.48. The Morgan fingerprint density at radius 3 is 2.25 bits per heavy atom. The molecule has 0 unspecified atom stereocenters. The van der Waals surface area contributed by atoms with Crippen LogP contribution in [0.15, 0.2) is 48.8 Å². The van der Waals surface area contributed by atoms with Crippen molar-refractivity contribution in [3.63, 3.8) is 0 Å². The highest BCUT2D eigenvalue weighted by atomic mass is 16.5. The van der Waals surface area contributed by atoms with Gasteiger partial charge in [-0.3, -0.25) is 14.6 Å². The molecule has 0 aliphatic heterocycles. The van der Waals surface area contributed by atoms with Gasteiger partial charge in [0.15, 0.2) is 0 Å². The summed E-state index contributed by atoms with van der Waals surface area (Å²) in [6.45, 7) is 1.36. The highest BCUT2D eigenvalue weighted by Gasteiger charge is 2.10. The Balaban J connectivity index is 1.87. The van der Waals surface area contributed by atoms with Crippen molar-refractivity contribution >= 4 is 11.8 Å². The van der Waals surface area contributed by atoms with Crippen molar-refractivity contribution in [3.05, 3.63) is 65.5 Å². The molecule has 6 heteroatoms. The van der Waals surface area contributed by atoms with Gasteiger partial charge in [0.2, 0.25) is 0 Å². The number of hydrogen-bond acceptors (Lipinski definition) is 4. The van der Waals surface area contributed by atoms with Crippen LogP contribution in [0.1, 0.15) is 26.3 Å². The molecule has 126 valence electrons. The number of nitrogens with zero attached hydrogens (tertiary/aromatic N) is 1. The molecule has 0 saturated heterocycles. The van der Waals surface area contributed by atoms with Crippen LogP contribution >= 0.6 is 0 Å². The van der Waals surface area contributed by atoms with Crippen LogP contribution in [-0.4, -0.2) is 43.6 Å². The summed E-state index contributed by atoms with van der Waals surface area (Å²) in [7, 11) is 1.56. The largest absolute Gasteiger partial charge is 0.383 e. The predicted octanol–water partition coefficient (Wildman–Crippen LogP) is 1.43. The summed E-state index contributed by atoms with van der Waals surface area (Å²) >= 11 is 0. The second-order valence-corrected chi connectivity index (χ2v) is 5.20. The van der Waals surface area contributed by atoms with Gasteiger partial charge in [-0.2, -0.15) is 0 Å². The molecular weight excluding hydrogens is 306 g/mol. The topological polar surface area (TPSA) is 80.3 Å². The first kappa shape index (κ1) is 17.6. The van der Waals surface area contributed by atoms with Crippen LogP contribution in [-0.2, 0) is 11.2 Å². The average Bonchev–Trinajstić information content (AvgIpc) is 2.63. The van der Waals surface area contributed by atoms with Crippen molar-refractivity contribution in [2.75, 3.05) is 26.8 Å². The van der Waals surface area contributed by atoms with E-state index >= 15 is 0 Å². The normalized spacial score (nSPS) is 10.2. The van der Waals surface area contributed by atoms with E-state index in [0.29, 0.717) is 30.8 Å². The molecule has 0 bridgehead atoms. The van der Waals surface area contributed by atoms with Gasteiger partial charge < -0.3 is 15.4 Å². The van der Waals surface area contributed by atoms with Gasteiger partial charge in [0.05, 0.1) is 17.7 Å². The molecule has 24 heavy (non-hydrogen) atoms. The maximum atomic E-state index is 12.2. The number of pyridine rings is 1. The van der Waals surface area contributed by atoms with E-state index in [-0.39, 0.29) is 11.8 Å². The van der Waals surface area contributed by atoms with Crippen molar-refractivity contribution in [2.45, 2.75) is 6.42 Å². The van der Waals surface area contributed by atoms with Gasteiger partial charge in [-0.25, -0.2) is 0 Å². The van der Waals surface area contributed by atoms with Crippen molar-refractivity contribution in [3.8, 4) is 0 Å². The lowest BCUT2D eigenvalue weighted by Crippen LogP contribution is -2.28. The molecule has 2 N–H and O–H groups in total. The zero-order valence-corrected chi connectivity index (χ0v) is 13.6. The average molecular weight is 327 g/mol. The van der Waals surface area contributed by atoms with E-state index < -0.39 is 0 Å². The number of nitrogens with one attached hydrogen (secondary N) is 2. The predicted molar refractivity (Wildman–Crippen MR) is 90.9 cm³/mol. The summed E-state index contributed by atoms with van der Waals surface area (Å²) in [5, 5.41) is 5.53. The summed E-state index contributed by atoms with van der Waals surface area (Å²) in [5.41, 5.74) is 1.87. The van der Waals surface area contributed by atoms with Gasteiger partial charge >= 0.3 is 0 Å². The minimum Gasteiger partial charge on any atom is -0.383 e. The van der Waals surface area contributed by atoms with Crippen LogP contribution < -0.4 is 10.6 Å². The summed E-state index contributed by atoms with van der Waals surface area (Å²) in [4.78, 5) is 28.1. The molecule has 0 saturated carbocycles. The Hall–Kier alpha value is -2.73. The molecule has 1 aromatic carbocycles. The maximum Gasteiger partial charge on any atom is 0.252 e. The van der Waals surface area contributed by atoms with Crippen LogP contribution in [0, 0.1) is 0 Å². The van der Waals surface area contributed by atoms with E-state index in [9.17, 15) is 9.59 Å². The Labute approximate surface area is 141 Å². The Bertz CT molecular complexity index is 674. The van der Waals surface area contributed by atoms with Crippen molar-refractivity contribution in [1.82, 2.24) is 15.6 Å². The summed E-state index contributed by atoms with van der Waals surface area (Å²) in [6.07, 6.45) is 3.63. The number of amides is 2. The number of carbonyl (C=O) groups excluding carboxylic acids is 2. The van der Waals surface area contributed by atoms with Gasteiger partial charge in [0, 0.05) is 32.6 Å². The third-order valence-electron chi connectivity index (χ3n) is 3.40. The SMILES string of the molecule is COCCNC(=O)c1cncc(C(=O)NCCc2ccccc2)c1. The first-order valence-electron chi connectivity index (χ1n) is 7.75. The minimum absolute atomic E-state index is 0.245. The standard InChI is InChI=1S/C18H21N3O3/c1-24-10-9-21-18(23)16-11-15(12-19-13-16)17(22)20-8-7-14-5-3-2-4-6-14/h2-6,11-13H,7-10H2,1H3,(H,20,22)(H,21,23). The Morgan fingerprint density at radius 1 is 1.00 bits per heavy atom. The lowest BCUT2D eigenvalue weighted by molar-refractivity contribution is 0.0936. The first-order chi connectivity index (χ1) is 11.7. The van der Waals surface area contributed by atoms with Gasteiger partial charge in [-0.1, -0.05) is 30.3 Å². The fourth-order valence-corrected chi connectivity index (χ4v) is 2.12. The van der Waals surface area contributed by atoms with E-state index in [1.54, 1.807) is 7.11 Å². The molecule has 2 aromatic rings. The summed E-state index contributed by atoms with van der Waals surface area (Å²) < 4.78 is 4.88. The number of benzene rings is 1. The minimum atomic E-state index is -0.279. The molecule has 0 aliphatic rings. The lowest BCUT2D eigenvalue weighted by Gasteiger charge is -2.07. The second-order valence-electron chi connectivity index (χ2n) is 5.20. The van der Waals surface area contributed by atoms with Crippen LogP contribution in [0.4, 0.5) is 0 Å². The highest BCUT2D eigenvalue weighted by molar-refractivity contribution is 5.99. The van der Waals surface area contributed by atoms with Crippen LogP contribution in [0.2, 0.25) is 0 Å². The molecule has 0 spiro atoms. The fraction of sp³-hybridized carbons (Fsp3) is 0.278. The molecular formula is C18H21N3O3. The number of hydrogen-bond donors (Lipinski definition) is 2. The van der Waals surface area contributed by atoms with E-state index in [0.717, 1.165) is 12.0 Å². The number of ether oxygens (including phenoxy) is 1. The zero-order chi connectivity index (χ0) is 17.2. The second kappa shape index (κ2) is 9.42. The molecule has 2 rings (SSSR count). The number of methoxy groups -OCH3 is 1. The maximum absolute atomic E-state index is 12.2. The molecule has 2 amide bonds. The first-order valence-corrected chi connectivity index (χ1v) is 7.75. The van der Waals surface area contributed by atoms with E-state index in [1.807, 2.05) is 30.3 Å². The van der Waals surface area contributed by atoms with Gasteiger partial charge in [-0.15, -0.1) is 0 Å². The zero-order valence-electron chi connectivity index (χ0n) is 13.6. The number of rotatable bonds is 8. The van der Waals surface area contributed by atoms with Crippen LogP contribution in [0.3, 0.4) is 0 Å². The van der Waals surface area contributed by atoms with E-state index in [2.05, 4.69) is 15.6 Å². The summed E-state index contributed by atoms with van der Waals surface area (Å²) in [5.74, 6) is -0.525. The lowest BCUT2D eigenvalue weighted by atomic mass is 10.1. The molecule has 0 radical (unpaired) electrons. The number of aromatic nitrogens is 1. The van der Waals surface area contributed by atoms with Gasteiger partial charge in [-0.05, 0) is 18.1 Å². The molecule has 6 nitrogen and oxygen atoms in total. The molecule has 1 heterocycles. The smallest absolute Gasteiger partial charge is 0.252 e. The van der Waals surface area contributed by atoms with Crippen LogP contribution in [0.5, 0.6) is 0 Å². The summed E-state index contributed by atoms with van der Waals surface area (Å²) in [6, 6.07) is 11.4. The van der Waals surface area contributed by atoms with Gasteiger partial charge in [0.25, 0.3) is 11.8 Å². The van der Waals surface area contributed by atoms with E-state index in [1.165, 1.54) is 18.5 Å². The van der Waals surface area contributed by atoms with Crippen molar-refractivity contribution in [1.29, 1.82) is 0 Å². The van der Waals surface area contributed by atoms with Gasteiger partial charge in [0.1, 0.15) is 0 Å². The Morgan fingerprint density at radius 2 is 1.62 bits per heavy atom. The third-order valence-corrected chi connectivity index (χ3v) is 3.40. The highest BCUT2D eigenvalue weighted by Crippen LogP contribution is 2.04. The van der Waals surface area contributed by atoms with E-state index in [4.69, 9.17) is 4.74 Å². The quantitative estimate of drug-likeness (QED) is 0.719. The van der Waals surface area contributed by atoms with Crippen molar-refractivity contribution < 1.29 is 14.3 Å². The fourth-order valence-electron chi connectivity index (χ4n) is 2.12. The van der Waals surface area contributed by atoms with Crippen LogP contribution in [0.25, 0.3) is 0 Å². The van der Waals surface area contributed by atoms with Crippen molar-refractivity contribution in [2.24, 2.45) is 0 Å². The Kier molecular flexibility index (Phi) is 6.91. The monoisotopic (exact) mass is 327 g/mol.